The quantitative estimate of drug-likeness (QED) is 0.516. The molecule has 0 spiro atoms. The van der Waals surface area contributed by atoms with Gasteiger partial charge in [0, 0.05) is 38.3 Å². The Bertz CT molecular complexity index is 799. The molecule has 0 saturated carbocycles. The molecule has 0 aliphatic heterocycles. The largest absolute Gasteiger partial charge is 0.494 e. The second kappa shape index (κ2) is 10.7. The molecule has 0 aliphatic carbocycles. The van der Waals surface area contributed by atoms with Gasteiger partial charge in [0.05, 0.1) is 12.8 Å². The molecule has 0 fully saturated rings. The topological polar surface area (TPSA) is 83.0 Å². The Morgan fingerprint density at radius 3 is 2.25 bits per heavy atom. The van der Waals surface area contributed by atoms with Crippen molar-refractivity contribution in [1.29, 1.82) is 0 Å². The minimum absolute atomic E-state index is 0.0553. The molecule has 0 radical (unpaired) electrons. The van der Waals surface area contributed by atoms with Crippen molar-refractivity contribution >= 4 is 29.4 Å². The maximum atomic E-state index is 11.9. The Balaban J connectivity index is 1.71. The third-order valence-corrected chi connectivity index (χ3v) is 3.84. The number of anilines is 2. The van der Waals surface area contributed by atoms with Gasteiger partial charge in [-0.25, -0.2) is 5.43 Å². The van der Waals surface area contributed by atoms with Crippen molar-refractivity contribution < 1.29 is 14.3 Å². The Hall–Kier alpha value is -3.35. The van der Waals surface area contributed by atoms with E-state index < -0.39 is 0 Å². The van der Waals surface area contributed by atoms with Crippen LogP contribution in [0.15, 0.2) is 53.6 Å². The van der Waals surface area contributed by atoms with E-state index in [4.69, 9.17) is 4.74 Å². The van der Waals surface area contributed by atoms with Crippen LogP contribution in [0.2, 0.25) is 0 Å². The number of hydrogen-bond acceptors (Lipinski definition) is 5. The molecule has 2 N–H and O–H groups in total. The van der Waals surface area contributed by atoms with Crippen molar-refractivity contribution in [2.45, 2.75) is 19.8 Å². The van der Waals surface area contributed by atoms with Crippen molar-refractivity contribution in [3.63, 3.8) is 0 Å². The number of carbonyl (C=O) groups excluding carboxylic acids is 2. The molecule has 0 unspecified atom stereocenters. The fraction of sp³-hybridized carbons (Fsp3) is 0.286. The van der Waals surface area contributed by atoms with Crippen molar-refractivity contribution in [2.24, 2.45) is 5.10 Å². The average Bonchev–Trinajstić information content (AvgIpc) is 2.68. The summed E-state index contributed by atoms with van der Waals surface area (Å²) >= 11 is 0. The van der Waals surface area contributed by atoms with Crippen LogP contribution in [-0.2, 0) is 9.59 Å². The fourth-order valence-corrected chi connectivity index (χ4v) is 2.34. The first kappa shape index (κ1) is 21.0. The highest BCUT2D eigenvalue weighted by molar-refractivity contribution is 5.93. The maximum absolute atomic E-state index is 11.9. The molecule has 7 nitrogen and oxygen atoms in total. The molecule has 2 aromatic carbocycles. The summed E-state index contributed by atoms with van der Waals surface area (Å²) in [5.74, 6) is 0.194. The summed E-state index contributed by atoms with van der Waals surface area (Å²) in [4.78, 5) is 25.8. The van der Waals surface area contributed by atoms with E-state index in [0.717, 1.165) is 17.0 Å². The first-order chi connectivity index (χ1) is 13.5. The van der Waals surface area contributed by atoms with Crippen molar-refractivity contribution in [2.75, 3.05) is 30.9 Å². The molecule has 2 aromatic rings. The summed E-state index contributed by atoms with van der Waals surface area (Å²) in [6, 6.07) is 14.8. The molecule has 0 saturated heterocycles. The Labute approximate surface area is 165 Å². The summed E-state index contributed by atoms with van der Waals surface area (Å²) in [5.41, 5.74) is 5.05. The van der Waals surface area contributed by atoms with Crippen LogP contribution < -0.4 is 20.4 Å². The minimum atomic E-state index is -0.317. The van der Waals surface area contributed by atoms with Crippen LogP contribution in [0.5, 0.6) is 5.75 Å². The van der Waals surface area contributed by atoms with Gasteiger partial charge in [-0.05, 0) is 48.9 Å². The van der Waals surface area contributed by atoms with E-state index in [1.165, 1.54) is 0 Å². The summed E-state index contributed by atoms with van der Waals surface area (Å²) in [5, 5.41) is 6.67. The number of amides is 2. The third-order valence-electron chi connectivity index (χ3n) is 3.84. The minimum Gasteiger partial charge on any atom is -0.494 e. The predicted octanol–water partition coefficient (Wildman–Crippen LogP) is 3.02. The second-order valence-corrected chi connectivity index (χ2v) is 6.28. The van der Waals surface area contributed by atoms with E-state index in [-0.39, 0.29) is 24.7 Å². The van der Waals surface area contributed by atoms with Gasteiger partial charge in [0.1, 0.15) is 5.75 Å². The number of nitrogens with one attached hydrogen (secondary N) is 2. The van der Waals surface area contributed by atoms with Gasteiger partial charge in [-0.2, -0.15) is 5.10 Å². The lowest BCUT2D eigenvalue weighted by Gasteiger charge is -2.11. The molecule has 2 rings (SSSR count). The normalized spacial score (nSPS) is 10.5. The van der Waals surface area contributed by atoms with Gasteiger partial charge in [-0.1, -0.05) is 12.1 Å². The lowest BCUT2D eigenvalue weighted by atomic mass is 10.2. The van der Waals surface area contributed by atoms with Gasteiger partial charge in [0.25, 0.3) is 0 Å². The monoisotopic (exact) mass is 382 g/mol. The SMILES string of the molecule is CCOc1ccc(NC(=O)CCC(=O)NN=Cc2ccc(N(C)C)cc2)cc1. The van der Waals surface area contributed by atoms with Gasteiger partial charge in [-0.3, -0.25) is 9.59 Å². The lowest BCUT2D eigenvalue weighted by molar-refractivity contribution is -0.124. The number of ether oxygens (including phenoxy) is 1. The Kier molecular flexibility index (Phi) is 8.02. The summed E-state index contributed by atoms with van der Waals surface area (Å²) in [6.07, 6.45) is 1.70. The molecule has 28 heavy (non-hydrogen) atoms. The van der Waals surface area contributed by atoms with Crippen molar-refractivity contribution in [3.05, 3.63) is 54.1 Å². The van der Waals surface area contributed by atoms with E-state index in [1.54, 1.807) is 30.5 Å². The standard InChI is InChI=1S/C21H26N4O3/c1-4-28-19-11-7-17(8-12-19)23-20(26)13-14-21(27)24-22-15-16-5-9-18(10-6-16)25(2)3/h5-12,15H,4,13-14H2,1-3H3,(H,23,26)(H,24,27). The van der Waals surface area contributed by atoms with Gasteiger partial charge < -0.3 is 15.0 Å². The maximum Gasteiger partial charge on any atom is 0.240 e. The number of nitrogens with zero attached hydrogens (tertiary/aromatic N) is 2. The first-order valence-corrected chi connectivity index (χ1v) is 9.10. The molecule has 0 atom stereocenters. The average molecular weight is 382 g/mol. The number of hydrazone groups is 1. The van der Waals surface area contributed by atoms with E-state index in [0.29, 0.717) is 12.3 Å². The molecular weight excluding hydrogens is 356 g/mol. The highest BCUT2D eigenvalue weighted by atomic mass is 16.5. The third kappa shape index (κ3) is 7.11. The highest BCUT2D eigenvalue weighted by Gasteiger charge is 2.07. The Morgan fingerprint density at radius 1 is 1.00 bits per heavy atom. The zero-order valence-corrected chi connectivity index (χ0v) is 16.4. The van der Waals surface area contributed by atoms with Gasteiger partial charge in [0.2, 0.25) is 11.8 Å². The molecule has 0 bridgehead atoms. The number of carbonyl (C=O) groups is 2. The van der Waals surface area contributed by atoms with Crippen LogP contribution >= 0.6 is 0 Å². The van der Waals surface area contributed by atoms with E-state index >= 15 is 0 Å². The van der Waals surface area contributed by atoms with Crippen molar-refractivity contribution in [3.8, 4) is 5.75 Å². The van der Waals surface area contributed by atoms with Crippen LogP contribution in [0.1, 0.15) is 25.3 Å². The first-order valence-electron chi connectivity index (χ1n) is 9.10. The lowest BCUT2D eigenvalue weighted by Crippen LogP contribution is -2.20. The van der Waals surface area contributed by atoms with Gasteiger partial charge >= 0.3 is 0 Å². The van der Waals surface area contributed by atoms with Crippen LogP contribution in [0.25, 0.3) is 0 Å². The molecule has 0 aliphatic rings. The number of benzene rings is 2. The predicted molar refractivity (Wildman–Crippen MR) is 112 cm³/mol. The number of hydrogen-bond donors (Lipinski definition) is 2. The zero-order chi connectivity index (χ0) is 20.4. The summed E-state index contributed by atoms with van der Waals surface area (Å²) in [7, 11) is 3.94. The van der Waals surface area contributed by atoms with Gasteiger partial charge in [0.15, 0.2) is 0 Å². The zero-order valence-electron chi connectivity index (χ0n) is 16.4. The molecule has 2 amide bonds. The highest BCUT2D eigenvalue weighted by Crippen LogP contribution is 2.16. The molecule has 7 heteroatoms. The van der Waals surface area contributed by atoms with Crippen LogP contribution in [0, 0.1) is 0 Å². The summed E-state index contributed by atoms with van der Waals surface area (Å²) in [6.45, 7) is 2.50. The van der Waals surface area contributed by atoms with E-state index in [2.05, 4.69) is 15.8 Å². The molecular formula is C21H26N4O3. The van der Waals surface area contributed by atoms with E-state index in [9.17, 15) is 9.59 Å². The number of rotatable bonds is 9. The molecule has 0 heterocycles. The smallest absolute Gasteiger partial charge is 0.240 e. The molecule has 148 valence electrons. The summed E-state index contributed by atoms with van der Waals surface area (Å²) < 4.78 is 5.35. The van der Waals surface area contributed by atoms with Crippen LogP contribution in [0.3, 0.4) is 0 Å². The second-order valence-electron chi connectivity index (χ2n) is 6.28. The van der Waals surface area contributed by atoms with Gasteiger partial charge in [-0.15, -0.1) is 0 Å². The van der Waals surface area contributed by atoms with Crippen LogP contribution in [-0.4, -0.2) is 38.7 Å². The Morgan fingerprint density at radius 2 is 1.64 bits per heavy atom. The van der Waals surface area contributed by atoms with Crippen molar-refractivity contribution in [1.82, 2.24) is 5.43 Å². The van der Waals surface area contributed by atoms with Crippen LogP contribution in [0.4, 0.5) is 11.4 Å². The fourth-order valence-electron chi connectivity index (χ4n) is 2.34. The van der Waals surface area contributed by atoms with E-state index in [1.807, 2.05) is 50.2 Å². The molecule has 0 aromatic heterocycles.